The topological polar surface area (TPSA) is 78.4 Å². The van der Waals surface area contributed by atoms with Crippen LogP contribution in [0.2, 0.25) is 0 Å². The lowest BCUT2D eigenvalue weighted by atomic mass is 9.89. The Morgan fingerprint density at radius 3 is 2.55 bits per heavy atom. The van der Waals surface area contributed by atoms with Gasteiger partial charge in [0.1, 0.15) is 5.82 Å². The minimum Gasteiger partial charge on any atom is -0.388 e. The fourth-order valence-electron chi connectivity index (χ4n) is 1.81. The summed E-state index contributed by atoms with van der Waals surface area (Å²) in [5.74, 6) is -2.26. The standard InChI is InChI=1S/C16H23FN2O3/c1-5-11(3)16(4,22)9-18-14(20)15(21)19-12-7-6-10(2)13(17)8-12/h6-8,11,22H,5,9H2,1-4H3,(H,18,20)(H,19,21)/t11-,16-/m0/s1. The molecule has 122 valence electrons. The van der Waals surface area contributed by atoms with Gasteiger partial charge in [0.15, 0.2) is 0 Å². The maximum absolute atomic E-state index is 13.4. The Morgan fingerprint density at radius 1 is 1.36 bits per heavy atom. The van der Waals surface area contributed by atoms with E-state index >= 15 is 0 Å². The van der Waals surface area contributed by atoms with Gasteiger partial charge >= 0.3 is 11.8 Å². The van der Waals surface area contributed by atoms with Crippen molar-refractivity contribution in [3.05, 3.63) is 29.6 Å². The Labute approximate surface area is 129 Å². The fourth-order valence-corrected chi connectivity index (χ4v) is 1.81. The van der Waals surface area contributed by atoms with Crippen molar-refractivity contribution in [2.24, 2.45) is 5.92 Å². The molecule has 0 bridgehead atoms. The molecule has 0 saturated heterocycles. The molecule has 5 nitrogen and oxygen atoms in total. The zero-order valence-corrected chi connectivity index (χ0v) is 13.4. The van der Waals surface area contributed by atoms with Crippen LogP contribution >= 0.6 is 0 Å². The molecule has 22 heavy (non-hydrogen) atoms. The molecule has 0 aliphatic rings. The van der Waals surface area contributed by atoms with Crippen LogP contribution < -0.4 is 10.6 Å². The summed E-state index contributed by atoms with van der Waals surface area (Å²) in [7, 11) is 0. The van der Waals surface area contributed by atoms with E-state index in [-0.39, 0.29) is 18.2 Å². The molecule has 0 aliphatic carbocycles. The number of halogens is 1. The second kappa shape index (κ2) is 7.35. The summed E-state index contributed by atoms with van der Waals surface area (Å²) >= 11 is 0. The number of aliphatic hydroxyl groups is 1. The summed E-state index contributed by atoms with van der Waals surface area (Å²) in [5, 5.41) is 14.9. The molecule has 6 heteroatoms. The van der Waals surface area contributed by atoms with Gasteiger partial charge in [-0.1, -0.05) is 26.3 Å². The number of carbonyl (C=O) groups is 2. The molecule has 0 spiro atoms. The number of aryl methyl sites for hydroxylation is 1. The van der Waals surface area contributed by atoms with Crippen molar-refractivity contribution in [1.82, 2.24) is 5.32 Å². The van der Waals surface area contributed by atoms with Gasteiger partial charge in [0, 0.05) is 12.2 Å². The first-order valence-electron chi connectivity index (χ1n) is 7.25. The first-order chi connectivity index (χ1) is 10.2. The molecule has 0 aliphatic heterocycles. The number of anilines is 1. The SMILES string of the molecule is CC[C@H](C)[C@@](C)(O)CNC(=O)C(=O)Nc1ccc(C)c(F)c1. The fraction of sp³-hybridized carbons (Fsp3) is 0.500. The third-order valence-electron chi connectivity index (χ3n) is 3.92. The lowest BCUT2D eigenvalue weighted by molar-refractivity contribution is -0.137. The summed E-state index contributed by atoms with van der Waals surface area (Å²) in [6, 6.07) is 4.17. The highest BCUT2D eigenvalue weighted by atomic mass is 19.1. The Hall–Kier alpha value is -1.95. The van der Waals surface area contributed by atoms with Crippen molar-refractivity contribution in [3.63, 3.8) is 0 Å². The molecule has 0 aromatic heterocycles. The highest BCUT2D eigenvalue weighted by molar-refractivity contribution is 6.39. The van der Waals surface area contributed by atoms with Crippen molar-refractivity contribution < 1.29 is 19.1 Å². The monoisotopic (exact) mass is 310 g/mol. The van der Waals surface area contributed by atoms with Crippen LogP contribution in [0.4, 0.5) is 10.1 Å². The molecule has 0 fully saturated rings. The van der Waals surface area contributed by atoms with Crippen molar-refractivity contribution >= 4 is 17.5 Å². The van der Waals surface area contributed by atoms with E-state index in [1.165, 1.54) is 12.1 Å². The summed E-state index contributed by atoms with van der Waals surface area (Å²) in [6.07, 6.45) is 0.748. The van der Waals surface area contributed by atoms with Crippen molar-refractivity contribution in [1.29, 1.82) is 0 Å². The third-order valence-corrected chi connectivity index (χ3v) is 3.92. The number of amides is 2. The van der Waals surface area contributed by atoms with Crippen LogP contribution in [-0.4, -0.2) is 29.1 Å². The van der Waals surface area contributed by atoms with Gasteiger partial charge in [-0.2, -0.15) is 0 Å². The van der Waals surface area contributed by atoms with E-state index in [0.29, 0.717) is 5.56 Å². The molecule has 0 unspecified atom stereocenters. The average molecular weight is 310 g/mol. The molecule has 0 heterocycles. The second-order valence-electron chi connectivity index (χ2n) is 5.77. The van der Waals surface area contributed by atoms with E-state index in [0.717, 1.165) is 12.5 Å². The van der Waals surface area contributed by atoms with E-state index in [1.54, 1.807) is 13.8 Å². The number of nitrogens with one attached hydrogen (secondary N) is 2. The lowest BCUT2D eigenvalue weighted by Crippen LogP contribution is -2.47. The van der Waals surface area contributed by atoms with E-state index in [2.05, 4.69) is 10.6 Å². The third kappa shape index (κ3) is 4.80. The number of rotatable bonds is 5. The van der Waals surface area contributed by atoms with Crippen LogP contribution in [0.25, 0.3) is 0 Å². The van der Waals surface area contributed by atoms with Gasteiger partial charge in [-0.3, -0.25) is 9.59 Å². The quantitative estimate of drug-likeness (QED) is 0.728. The lowest BCUT2D eigenvalue weighted by Gasteiger charge is -2.29. The van der Waals surface area contributed by atoms with E-state index < -0.39 is 23.2 Å². The van der Waals surface area contributed by atoms with E-state index in [1.807, 2.05) is 13.8 Å². The summed E-state index contributed by atoms with van der Waals surface area (Å²) in [4.78, 5) is 23.5. The first-order valence-corrected chi connectivity index (χ1v) is 7.25. The second-order valence-corrected chi connectivity index (χ2v) is 5.77. The van der Waals surface area contributed by atoms with Crippen molar-refractivity contribution in [3.8, 4) is 0 Å². The van der Waals surface area contributed by atoms with Crippen LogP contribution in [0.5, 0.6) is 0 Å². The molecule has 1 rings (SSSR count). The average Bonchev–Trinajstić information content (AvgIpc) is 2.47. The predicted octanol–water partition coefficient (Wildman–Crippen LogP) is 1.99. The van der Waals surface area contributed by atoms with E-state index in [4.69, 9.17) is 0 Å². The molecular weight excluding hydrogens is 287 g/mol. The Kier molecular flexibility index (Phi) is 6.05. The zero-order valence-electron chi connectivity index (χ0n) is 13.4. The Morgan fingerprint density at radius 2 is 2.00 bits per heavy atom. The van der Waals surface area contributed by atoms with Gasteiger partial charge in [-0.15, -0.1) is 0 Å². The number of carbonyl (C=O) groups excluding carboxylic acids is 2. The normalized spacial score (nSPS) is 14.8. The minimum atomic E-state index is -1.10. The number of hydrogen-bond donors (Lipinski definition) is 3. The smallest absolute Gasteiger partial charge is 0.313 e. The van der Waals surface area contributed by atoms with Crippen molar-refractivity contribution in [2.75, 3.05) is 11.9 Å². The Balaban J connectivity index is 2.59. The van der Waals surface area contributed by atoms with Crippen LogP contribution in [-0.2, 0) is 9.59 Å². The predicted molar refractivity (Wildman–Crippen MR) is 82.9 cm³/mol. The summed E-state index contributed by atoms with van der Waals surface area (Å²) in [6.45, 7) is 6.97. The zero-order chi connectivity index (χ0) is 16.9. The molecule has 0 saturated carbocycles. The molecule has 1 aromatic rings. The Bertz CT molecular complexity index is 558. The molecule has 3 N–H and O–H groups in total. The molecule has 1 aromatic carbocycles. The van der Waals surface area contributed by atoms with Crippen LogP contribution in [0, 0.1) is 18.7 Å². The largest absolute Gasteiger partial charge is 0.388 e. The minimum absolute atomic E-state index is 0.0259. The van der Waals surface area contributed by atoms with Gasteiger partial charge in [-0.25, -0.2) is 4.39 Å². The maximum atomic E-state index is 13.4. The highest BCUT2D eigenvalue weighted by Gasteiger charge is 2.28. The van der Waals surface area contributed by atoms with Gasteiger partial charge in [0.2, 0.25) is 0 Å². The highest BCUT2D eigenvalue weighted by Crippen LogP contribution is 2.18. The number of benzene rings is 1. The van der Waals surface area contributed by atoms with Gasteiger partial charge in [0.05, 0.1) is 5.60 Å². The van der Waals surface area contributed by atoms with Gasteiger partial charge in [0.25, 0.3) is 0 Å². The maximum Gasteiger partial charge on any atom is 0.313 e. The van der Waals surface area contributed by atoms with E-state index in [9.17, 15) is 19.1 Å². The summed E-state index contributed by atoms with van der Waals surface area (Å²) < 4.78 is 13.4. The molecule has 2 amide bonds. The molecule has 0 radical (unpaired) electrons. The van der Waals surface area contributed by atoms with Crippen molar-refractivity contribution in [2.45, 2.75) is 39.7 Å². The number of hydrogen-bond acceptors (Lipinski definition) is 3. The molecule has 2 atom stereocenters. The summed E-state index contributed by atoms with van der Waals surface area (Å²) in [5.41, 5.74) is -0.440. The first kappa shape index (κ1) is 18.1. The van der Waals surface area contributed by atoms with Gasteiger partial charge < -0.3 is 15.7 Å². The molecular formula is C16H23FN2O3. The van der Waals surface area contributed by atoms with Crippen LogP contribution in [0.15, 0.2) is 18.2 Å². The van der Waals surface area contributed by atoms with Gasteiger partial charge in [-0.05, 0) is 37.5 Å². The van der Waals surface area contributed by atoms with Crippen LogP contribution in [0.3, 0.4) is 0 Å². The van der Waals surface area contributed by atoms with Crippen LogP contribution in [0.1, 0.15) is 32.8 Å².